The molecule has 0 radical (unpaired) electrons. The van der Waals surface area contributed by atoms with Crippen LogP contribution in [0.2, 0.25) is 0 Å². The van der Waals surface area contributed by atoms with Gasteiger partial charge < -0.3 is 5.32 Å². The van der Waals surface area contributed by atoms with Gasteiger partial charge in [0.15, 0.2) is 11.5 Å². The lowest BCUT2D eigenvalue weighted by Gasteiger charge is -2.16. The number of rotatable bonds is 2. The predicted molar refractivity (Wildman–Crippen MR) is 75.2 cm³/mol. The quantitative estimate of drug-likeness (QED) is 0.843. The smallest absolute Gasteiger partial charge is 0.178 e. The summed E-state index contributed by atoms with van der Waals surface area (Å²) < 4.78 is 1.79. The molecule has 1 fully saturated rings. The topological polar surface area (TPSA) is 55.1 Å². The van der Waals surface area contributed by atoms with Crippen molar-refractivity contribution in [3.63, 3.8) is 0 Å². The average Bonchev–Trinajstić information content (AvgIpc) is 2.64. The molecule has 0 aromatic carbocycles. The molecule has 1 aliphatic carbocycles. The van der Waals surface area contributed by atoms with Crippen LogP contribution in [0.3, 0.4) is 0 Å². The van der Waals surface area contributed by atoms with Crippen molar-refractivity contribution in [3.8, 4) is 0 Å². The fourth-order valence-corrected chi connectivity index (χ4v) is 2.81. The van der Waals surface area contributed by atoms with E-state index in [0.717, 1.165) is 23.2 Å². The maximum Gasteiger partial charge on any atom is 0.178 e. The Labute approximate surface area is 113 Å². The first-order chi connectivity index (χ1) is 9.22. The van der Waals surface area contributed by atoms with Gasteiger partial charge in [-0.15, -0.1) is 15.3 Å². The summed E-state index contributed by atoms with van der Waals surface area (Å²) in [6.07, 6.45) is 6.46. The van der Waals surface area contributed by atoms with Crippen molar-refractivity contribution in [2.75, 3.05) is 5.32 Å². The largest absolute Gasteiger partial charge is 0.366 e. The van der Waals surface area contributed by atoms with E-state index in [2.05, 4.69) is 27.5 Å². The molecule has 2 aromatic rings. The Kier molecular flexibility index (Phi) is 3.36. The first-order valence-corrected chi connectivity index (χ1v) is 7.18. The fraction of sp³-hybridized carbons (Fsp3) is 0.643. The Morgan fingerprint density at radius 3 is 2.95 bits per heavy atom. The zero-order chi connectivity index (χ0) is 13.2. The van der Waals surface area contributed by atoms with E-state index in [9.17, 15) is 0 Å². The summed E-state index contributed by atoms with van der Waals surface area (Å²) in [7, 11) is 0. The Morgan fingerprint density at radius 1 is 1.16 bits per heavy atom. The van der Waals surface area contributed by atoms with Crippen molar-refractivity contribution >= 4 is 11.5 Å². The highest BCUT2D eigenvalue weighted by Crippen LogP contribution is 2.24. The lowest BCUT2D eigenvalue weighted by Crippen LogP contribution is -2.19. The van der Waals surface area contributed by atoms with E-state index >= 15 is 0 Å². The van der Waals surface area contributed by atoms with Crippen molar-refractivity contribution in [3.05, 3.63) is 18.0 Å². The van der Waals surface area contributed by atoms with Crippen LogP contribution in [0.4, 0.5) is 5.82 Å². The van der Waals surface area contributed by atoms with Gasteiger partial charge in [0, 0.05) is 6.04 Å². The summed E-state index contributed by atoms with van der Waals surface area (Å²) in [6, 6.07) is 4.51. The van der Waals surface area contributed by atoms with Gasteiger partial charge in [-0.2, -0.15) is 4.52 Å². The molecule has 2 aromatic heterocycles. The van der Waals surface area contributed by atoms with E-state index in [4.69, 9.17) is 0 Å². The minimum absolute atomic E-state index is 0.548. The van der Waals surface area contributed by atoms with Crippen LogP contribution in [0.1, 0.15) is 44.9 Å². The summed E-state index contributed by atoms with van der Waals surface area (Å²) in [5.41, 5.74) is 0.803. The average molecular weight is 259 g/mol. The third-order valence-corrected chi connectivity index (χ3v) is 4.03. The fourth-order valence-electron chi connectivity index (χ4n) is 2.81. The zero-order valence-electron chi connectivity index (χ0n) is 11.6. The van der Waals surface area contributed by atoms with E-state index in [1.54, 1.807) is 4.52 Å². The molecule has 3 rings (SSSR count). The summed E-state index contributed by atoms with van der Waals surface area (Å²) in [5, 5.41) is 16.2. The van der Waals surface area contributed by atoms with Crippen LogP contribution >= 0.6 is 0 Å². The van der Waals surface area contributed by atoms with Gasteiger partial charge in [0.1, 0.15) is 5.82 Å². The van der Waals surface area contributed by atoms with Crippen molar-refractivity contribution in [1.29, 1.82) is 0 Å². The van der Waals surface area contributed by atoms with Crippen molar-refractivity contribution in [2.45, 2.75) is 52.0 Å². The summed E-state index contributed by atoms with van der Waals surface area (Å²) in [6.45, 7) is 4.28. The van der Waals surface area contributed by atoms with Crippen LogP contribution in [0.15, 0.2) is 12.1 Å². The number of nitrogens with zero attached hydrogens (tertiary/aromatic N) is 4. The summed E-state index contributed by atoms with van der Waals surface area (Å²) in [5.74, 6) is 2.62. The molecule has 0 amide bonds. The molecule has 0 bridgehead atoms. The molecule has 2 unspecified atom stereocenters. The van der Waals surface area contributed by atoms with Gasteiger partial charge in [-0.1, -0.05) is 19.8 Å². The highest BCUT2D eigenvalue weighted by Gasteiger charge is 2.16. The highest BCUT2D eigenvalue weighted by atomic mass is 15.4. The first-order valence-electron chi connectivity index (χ1n) is 7.18. The number of nitrogens with one attached hydrogen (secondary N) is 1. The van der Waals surface area contributed by atoms with Gasteiger partial charge in [-0.05, 0) is 44.2 Å². The van der Waals surface area contributed by atoms with Crippen LogP contribution in [0, 0.1) is 12.8 Å². The second-order valence-electron chi connectivity index (χ2n) is 5.69. The lowest BCUT2D eigenvalue weighted by atomic mass is 10.0. The Hall–Kier alpha value is -1.65. The van der Waals surface area contributed by atoms with Crippen molar-refractivity contribution in [2.24, 2.45) is 5.92 Å². The molecule has 0 spiro atoms. The van der Waals surface area contributed by atoms with Crippen molar-refractivity contribution < 1.29 is 0 Å². The Bertz CT molecular complexity index is 562. The molecule has 5 nitrogen and oxygen atoms in total. The van der Waals surface area contributed by atoms with Gasteiger partial charge in [-0.25, -0.2) is 0 Å². The second kappa shape index (κ2) is 5.15. The van der Waals surface area contributed by atoms with E-state index in [1.807, 2.05) is 19.1 Å². The van der Waals surface area contributed by atoms with Crippen LogP contribution in [-0.4, -0.2) is 25.9 Å². The van der Waals surface area contributed by atoms with Gasteiger partial charge in [0.05, 0.1) is 0 Å². The summed E-state index contributed by atoms with van der Waals surface area (Å²) in [4.78, 5) is 0. The van der Waals surface area contributed by atoms with Crippen molar-refractivity contribution in [1.82, 2.24) is 19.8 Å². The second-order valence-corrected chi connectivity index (χ2v) is 5.69. The van der Waals surface area contributed by atoms with E-state index in [1.165, 1.54) is 32.1 Å². The summed E-state index contributed by atoms with van der Waals surface area (Å²) >= 11 is 0. The molecule has 102 valence electrons. The number of aryl methyl sites for hydroxylation is 1. The van der Waals surface area contributed by atoms with E-state index in [0.29, 0.717) is 6.04 Å². The first kappa shape index (κ1) is 12.4. The minimum atomic E-state index is 0.548. The van der Waals surface area contributed by atoms with Crippen LogP contribution in [0.5, 0.6) is 0 Å². The Morgan fingerprint density at radius 2 is 2.05 bits per heavy atom. The standard InChI is InChI=1S/C14H21N5/c1-10-4-3-5-12(7-6-10)15-13-8-9-14-17-16-11(2)19(14)18-13/h8-10,12H,3-7H2,1-2H3,(H,15,18). The molecule has 1 aliphatic rings. The lowest BCUT2D eigenvalue weighted by molar-refractivity contribution is 0.501. The molecular weight excluding hydrogens is 238 g/mol. The Balaban J connectivity index is 1.75. The molecule has 0 saturated heterocycles. The molecular formula is C14H21N5. The molecule has 2 heterocycles. The number of anilines is 1. The number of aromatic nitrogens is 4. The molecule has 2 atom stereocenters. The number of hydrogen-bond donors (Lipinski definition) is 1. The monoisotopic (exact) mass is 259 g/mol. The van der Waals surface area contributed by atoms with Gasteiger partial charge in [0.25, 0.3) is 0 Å². The molecule has 19 heavy (non-hydrogen) atoms. The van der Waals surface area contributed by atoms with Crippen LogP contribution in [-0.2, 0) is 0 Å². The van der Waals surface area contributed by atoms with Crippen LogP contribution in [0.25, 0.3) is 5.65 Å². The SMILES string of the molecule is Cc1nnc2ccc(NC3CCCC(C)CC3)nn12. The molecule has 1 saturated carbocycles. The predicted octanol–water partition coefficient (Wildman–Crippen LogP) is 2.81. The van der Waals surface area contributed by atoms with E-state index in [-0.39, 0.29) is 0 Å². The van der Waals surface area contributed by atoms with Gasteiger partial charge in [-0.3, -0.25) is 0 Å². The van der Waals surface area contributed by atoms with E-state index < -0.39 is 0 Å². The number of fused-ring (bicyclic) bond motifs is 1. The minimum Gasteiger partial charge on any atom is -0.366 e. The highest BCUT2D eigenvalue weighted by molar-refractivity contribution is 5.44. The normalized spacial score (nSPS) is 24.3. The molecule has 1 N–H and O–H groups in total. The molecule has 5 heteroatoms. The number of hydrogen-bond acceptors (Lipinski definition) is 4. The maximum atomic E-state index is 4.56. The zero-order valence-corrected chi connectivity index (χ0v) is 11.6. The maximum absolute atomic E-state index is 4.56. The third kappa shape index (κ3) is 2.69. The van der Waals surface area contributed by atoms with Crippen LogP contribution < -0.4 is 5.32 Å². The molecule has 0 aliphatic heterocycles. The van der Waals surface area contributed by atoms with Gasteiger partial charge in [0.2, 0.25) is 0 Å². The third-order valence-electron chi connectivity index (χ3n) is 4.03. The van der Waals surface area contributed by atoms with Gasteiger partial charge >= 0.3 is 0 Å².